The third kappa shape index (κ3) is 4.21. The van der Waals surface area contributed by atoms with Gasteiger partial charge in [0.15, 0.2) is 0 Å². The standard InChI is InChI=1S/C13H21BrN2O/c1-9(2)10(7-15)8-16-11-4-5-13(17-3)12(14)6-11/h4-6,9-10,16H,7-8,15H2,1-3H3. The lowest BCUT2D eigenvalue weighted by molar-refractivity contribution is 0.411. The number of hydrogen-bond acceptors (Lipinski definition) is 3. The summed E-state index contributed by atoms with van der Waals surface area (Å²) in [6, 6.07) is 5.98. The number of nitrogens with one attached hydrogen (secondary N) is 1. The van der Waals surface area contributed by atoms with Gasteiger partial charge in [-0.05, 0) is 52.5 Å². The van der Waals surface area contributed by atoms with Crippen LogP contribution in [0.5, 0.6) is 5.75 Å². The highest BCUT2D eigenvalue weighted by Crippen LogP contribution is 2.27. The molecule has 0 amide bonds. The molecule has 3 nitrogen and oxygen atoms in total. The zero-order valence-corrected chi connectivity index (χ0v) is 12.3. The summed E-state index contributed by atoms with van der Waals surface area (Å²) in [5.41, 5.74) is 6.82. The molecule has 1 rings (SSSR count). The first-order valence-corrected chi connectivity index (χ1v) is 6.65. The second-order valence-electron chi connectivity index (χ2n) is 4.47. The molecule has 0 saturated heterocycles. The van der Waals surface area contributed by atoms with Crippen molar-refractivity contribution in [3.05, 3.63) is 22.7 Å². The quantitative estimate of drug-likeness (QED) is 0.849. The Bertz CT molecular complexity index is 355. The molecule has 4 heteroatoms. The first-order chi connectivity index (χ1) is 8.08. The van der Waals surface area contributed by atoms with Crippen LogP contribution in [0.15, 0.2) is 22.7 Å². The van der Waals surface area contributed by atoms with E-state index in [1.165, 1.54) is 0 Å². The molecule has 0 saturated carbocycles. The summed E-state index contributed by atoms with van der Waals surface area (Å²) in [4.78, 5) is 0. The van der Waals surface area contributed by atoms with Crippen LogP contribution in [-0.2, 0) is 0 Å². The molecule has 0 spiro atoms. The van der Waals surface area contributed by atoms with Crippen LogP contribution in [-0.4, -0.2) is 20.2 Å². The summed E-state index contributed by atoms with van der Waals surface area (Å²) in [5, 5.41) is 3.40. The number of nitrogens with two attached hydrogens (primary N) is 1. The zero-order chi connectivity index (χ0) is 12.8. The Morgan fingerprint density at radius 3 is 2.59 bits per heavy atom. The Morgan fingerprint density at radius 1 is 1.41 bits per heavy atom. The van der Waals surface area contributed by atoms with E-state index in [4.69, 9.17) is 10.5 Å². The van der Waals surface area contributed by atoms with Crippen molar-refractivity contribution < 1.29 is 4.74 Å². The summed E-state index contributed by atoms with van der Waals surface area (Å²) in [5.74, 6) is 1.93. The predicted octanol–water partition coefficient (Wildman–Crippen LogP) is 3.10. The molecule has 3 N–H and O–H groups in total. The number of ether oxygens (including phenoxy) is 1. The van der Waals surface area contributed by atoms with Crippen molar-refractivity contribution in [2.24, 2.45) is 17.6 Å². The van der Waals surface area contributed by atoms with E-state index in [2.05, 4.69) is 35.1 Å². The predicted molar refractivity (Wildman–Crippen MR) is 76.6 cm³/mol. The van der Waals surface area contributed by atoms with E-state index in [-0.39, 0.29) is 0 Å². The molecule has 1 aromatic rings. The van der Waals surface area contributed by atoms with Gasteiger partial charge in [0.05, 0.1) is 11.6 Å². The SMILES string of the molecule is COc1ccc(NCC(CN)C(C)C)cc1Br. The molecule has 0 aliphatic carbocycles. The summed E-state index contributed by atoms with van der Waals surface area (Å²) in [6.07, 6.45) is 0. The van der Waals surface area contributed by atoms with E-state index in [1.807, 2.05) is 18.2 Å². The van der Waals surface area contributed by atoms with Crippen LogP contribution in [0.2, 0.25) is 0 Å². The lowest BCUT2D eigenvalue weighted by atomic mass is 9.96. The van der Waals surface area contributed by atoms with Crippen LogP contribution < -0.4 is 15.8 Å². The van der Waals surface area contributed by atoms with Gasteiger partial charge in [0, 0.05) is 12.2 Å². The van der Waals surface area contributed by atoms with Gasteiger partial charge in [0.1, 0.15) is 5.75 Å². The van der Waals surface area contributed by atoms with Gasteiger partial charge in [-0.2, -0.15) is 0 Å². The van der Waals surface area contributed by atoms with E-state index in [0.717, 1.165) is 22.5 Å². The monoisotopic (exact) mass is 300 g/mol. The fraction of sp³-hybridized carbons (Fsp3) is 0.538. The highest BCUT2D eigenvalue weighted by atomic mass is 79.9. The Labute approximate surface area is 112 Å². The normalized spacial score (nSPS) is 12.6. The minimum absolute atomic E-state index is 0.496. The van der Waals surface area contributed by atoms with Crippen molar-refractivity contribution >= 4 is 21.6 Å². The van der Waals surface area contributed by atoms with E-state index in [0.29, 0.717) is 18.4 Å². The summed E-state index contributed by atoms with van der Waals surface area (Å²) < 4.78 is 6.15. The number of hydrogen-bond donors (Lipinski definition) is 2. The highest BCUT2D eigenvalue weighted by molar-refractivity contribution is 9.10. The molecular weight excluding hydrogens is 280 g/mol. The van der Waals surface area contributed by atoms with Crippen LogP contribution in [0, 0.1) is 11.8 Å². The topological polar surface area (TPSA) is 47.3 Å². The molecule has 0 radical (unpaired) electrons. The first kappa shape index (κ1) is 14.3. The number of rotatable bonds is 6. The Hall–Kier alpha value is -0.740. The average molecular weight is 301 g/mol. The van der Waals surface area contributed by atoms with E-state index in [9.17, 15) is 0 Å². The molecule has 1 unspecified atom stereocenters. The zero-order valence-electron chi connectivity index (χ0n) is 10.7. The van der Waals surface area contributed by atoms with Crippen molar-refractivity contribution in [1.29, 1.82) is 0 Å². The summed E-state index contributed by atoms with van der Waals surface area (Å²) >= 11 is 3.47. The van der Waals surface area contributed by atoms with Crippen LogP contribution in [0.3, 0.4) is 0 Å². The molecule has 0 bridgehead atoms. The van der Waals surface area contributed by atoms with Gasteiger partial charge < -0.3 is 15.8 Å². The molecule has 0 aromatic heterocycles. The molecule has 96 valence electrons. The smallest absolute Gasteiger partial charge is 0.133 e. The van der Waals surface area contributed by atoms with Crippen LogP contribution in [0.4, 0.5) is 5.69 Å². The van der Waals surface area contributed by atoms with Gasteiger partial charge in [-0.15, -0.1) is 0 Å². The minimum Gasteiger partial charge on any atom is -0.496 e. The van der Waals surface area contributed by atoms with Crippen molar-refractivity contribution in [3.8, 4) is 5.75 Å². The number of benzene rings is 1. The largest absolute Gasteiger partial charge is 0.496 e. The molecule has 0 fully saturated rings. The van der Waals surface area contributed by atoms with Gasteiger partial charge in [0.2, 0.25) is 0 Å². The maximum absolute atomic E-state index is 5.74. The lowest BCUT2D eigenvalue weighted by Gasteiger charge is -2.20. The number of anilines is 1. The molecule has 0 aliphatic rings. The van der Waals surface area contributed by atoms with E-state index in [1.54, 1.807) is 7.11 Å². The molecule has 0 aliphatic heterocycles. The molecule has 1 atom stereocenters. The Balaban J connectivity index is 2.60. The summed E-state index contributed by atoms with van der Waals surface area (Å²) in [7, 11) is 1.66. The molecular formula is C13H21BrN2O. The lowest BCUT2D eigenvalue weighted by Crippen LogP contribution is -2.27. The van der Waals surface area contributed by atoms with Crippen LogP contribution in [0.1, 0.15) is 13.8 Å². The van der Waals surface area contributed by atoms with Gasteiger partial charge >= 0.3 is 0 Å². The van der Waals surface area contributed by atoms with Gasteiger partial charge in [-0.3, -0.25) is 0 Å². The average Bonchev–Trinajstić information content (AvgIpc) is 2.29. The number of halogens is 1. The van der Waals surface area contributed by atoms with Crippen molar-refractivity contribution in [3.63, 3.8) is 0 Å². The maximum atomic E-state index is 5.74. The van der Waals surface area contributed by atoms with Crippen LogP contribution >= 0.6 is 15.9 Å². The van der Waals surface area contributed by atoms with Crippen LogP contribution in [0.25, 0.3) is 0 Å². The summed E-state index contributed by atoms with van der Waals surface area (Å²) in [6.45, 7) is 6.00. The maximum Gasteiger partial charge on any atom is 0.133 e. The van der Waals surface area contributed by atoms with E-state index < -0.39 is 0 Å². The van der Waals surface area contributed by atoms with Crippen molar-refractivity contribution in [2.75, 3.05) is 25.5 Å². The highest BCUT2D eigenvalue weighted by Gasteiger charge is 2.11. The molecule has 17 heavy (non-hydrogen) atoms. The third-order valence-corrected chi connectivity index (χ3v) is 3.59. The first-order valence-electron chi connectivity index (χ1n) is 5.86. The van der Waals surface area contributed by atoms with Gasteiger partial charge in [-0.1, -0.05) is 13.8 Å². The fourth-order valence-corrected chi connectivity index (χ4v) is 2.16. The van der Waals surface area contributed by atoms with Crippen molar-refractivity contribution in [1.82, 2.24) is 0 Å². The van der Waals surface area contributed by atoms with Gasteiger partial charge in [0.25, 0.3) is 0 Å². The molecule has 1 aromatic carbocycles. The van der Waals surface area contributed by atoms with E-state index >= 15 is 0 Å². The minimum atomic E-state index is 0.496. The second kappa shape index (κ2) is 6.87. The Kier molecular flexibility index (Phi) is 5.78. The Morgan fingerprint density at radius 2 is 2.12 bits per heavy atom. The number of methoxy groups -OCH3 is 1. The van der Waals surface area contributed by atoms with Gasteiger partial charge in [-0.25, -0.2) is 0 Å². The van der Waals surface area contributed by atoms with Crippen molar-refractivity contribution in [2.45, 2.75) is 13.8 Å². The fourth-order valence-electron chi connectivity index (χ4n) is 1.62. The third-order valence-electron chi connectivity index (χ3n) is 2.97. The second-order valence-corrected chi connectivity index (χ2v) is 5.32. The molecule has 0 heterocycles.